The molecule has 2 aliphatic rings. The van der Waals surface area contributed by atoms with E-state index in [0.29, 0.717) is 18.7 Å². The summed E-state index contributed by atoms with van der Waals surface area (Å²) < 4.78 is 55.7. The van der Waals surface area contributed by atoms with Gasteiger partial charge in [-0.1, -0.05) is 47.5 Å². The molecule has 2 aliphatic heterocycles. The lowest BCUT2D eigenvalue weighted by Crippen LogP contribution is -2.50. The second-order valence-corrected chi connectivity index (χ2v) is 13.3. The number of halogens is 1. The Morgan fingerprint density at radius 1 is 0.811 bits per heavy atom. The molecule has 0 N–H and O–H groups in total. The first kappa shape index (κ1) is 25.7. The van der Waals surface area contributed by atoms with Crippen LogP contribution in [0.4, 0.5) is 5.69 Å². The van der Waals surface area contributed by atoms with Gasteiger partial charge in [0.05, 0.1) is 15.6 Å². The molecule has 194 valence electrons. The van der Waals surface area contributed by atoms with Crippen LogP contribution in [-0.2, 0) is 26.5 Å². The fraction of sp³-hybridized carbons (Fsp3) is 0.269. The predicted molar refractivity (Wildman–Crippen MR) is 142 cm³/mol. The number of carbonyl (C=O) groups is 1. The van der Waals surface area contributed by atoms with Crippen LogP contribution in [-0.4, -0.2) is 64.7 Å². The summed E-state index contributed by atoms with van der Waals surface area (Å²) >= 11 is 6.31. The highest BCUT2D eigenvalue weighted by molar-refractivity contribution is 7.93. The first-order chi connectivity index (χ1) is 17.6. The number of aryl methyl sites for hydroxylation is 1. The van der Waals surface area contributed by atoms with Gasteiger partial charge >= 0.3 is 0 Å². The lowest BCUT2D eigenvalue weighted by Gasteiger charge is -2.34. The third-order valence-corrected chi connectivity index (χ3v) is 11.0. The highest BCUT2D eigenvalue weighted by Gasteiger charge is 2.34. The molecule has 37 heavy (non-hydrogen) atoms. The Morgan fingerprint density at radius 2 is 1.49 bits per heavy atom. The van der Waals surface area contributed by atoms with Gasteiger partial charge in [-0.15, -0.1) is 0 Å². The highest BCUT2D eigenvalue weighted by Crippen LogP contribution is 2.35. The van der Waals surface area contributed by atoms with Gasteiger partial charge in [0.15, 0.2) is 0 Å². The number of amides is 1. The predicted octanol–water partition coefficient (Wildman–Crippen LogP) is 3.55. The van der Waals surface area contributed by atoms with Crippen molar-refractivity contribution < 1.29 is 21.6 Å². The second-order valence-electron chi connectivity index (χ2n) is 9.11. The van der Waals surface area contributed by atoms with Gasteiger partial charge in [-0.2, -0.15) is 4.31 Å². The van der Waals surface area contributed by atoms with Crippen LogP contribution in [0.15, 0.2) is 76.5 Å². The quantitative estimate of drug-likeness (QED) is 0.476. The zero-order chi connectivity index (χ0) is 26.4. The van der Waals surface area contributed by atoms with Crippen molar-refractivity contribution in [1.82, 2.24) is 9.21 Å². The number of sulfonamides is 2. The molecule has 0 aromatic heterocycles. The third kappa shape index (κ3) is 4.74. The van der Waals surface area contributed by atoms with E-state index in [1.165, 1.54) is 31.7 Å². The van der Waals surface area contributed by atoms with E-state index in [0.717, 1.165) is 11.1 Å². The Balaban J connectivity index is 1.34. The SMILES string of the molecule is Cc1ccc(S(=O)(=O)N2CCN(C(=O)c3ccc(Cl)c(S(=O)(=O)N4CCc5ccccc54)c3)CC2)cc1. The van der Waals surface area contributed by atoms with Crippen molar-refractivity contribution in [2.75, 3.05) is 37.0 Å². The number of anilines is 1. The van der Waals surface area contributed by atoms with Crippen molar-refractivity contribution in [2.24, 2.45) is 0 Å². The van der Waals surface area contributed by atoms with Crippen LogP contribution in [0.2, 0.25) is 5.02 Å². The van der Waals surface area contributed by atoms with Gasteiger partial charge in [0.2, 0.25) is 10.0 Å². The van der Waals surface area contributed by atoms with Crippen LogP contribution in [0.3, 0.4) is 0 Å². The average Bonchev–Trinajstić information content (AvgIpc) is 3.34. The first-order valence-electron chi connectivity index (χ1n) is 11.9. The molecule has 0 bridgehead atoms. The van der Waals surface area contributed by atoms with E-state index in [4.69, 9.17) is 11.6 Å². The average molecular weight is 560 g/mol. The van der Waals surface area contributed by atoms with Crippen LogP contribution < -0.4 is 4.31 Å². The minimum absolute atomic E-state index is 0.0370. The molecule has 2 heterocycles. The van der Waals surface area contributed by atoms with Crippen molar-refractivity contribution in [3.8, 4) is 0 Å². The monoisotopic (exact) mass is 559 g/mol. The van der Waals surface area contributed by atoms with Crippen LogP contribution in [0.25, 0.3) is 0 Å². The van der Waals surface area contributed by atoms with Crippen molar-refractivity contribution in [1.29, 1.82) is 0 Å². The fourth-order valence-corrected chi connectivity index (χ4v) is 8.11. The molecule has 0 radical (unpaired) electrons. The number of rotatable bonds is 5. The minimum Gasteiger partial charge on any atom is -0.336 e. The maximum Gasteiger partial charge on any atom is 0.265 e. The van der Waals surface area contributed by atoms with Crippen LogP contribution >= 0.6 is 11.6 Å². The number of hydrogen-bond donors (Lipinski definition) is 0. The number of para-hydroxylation sites is 1. The summed E-state index contributed by atoms with van der Waals surface area (Å²) in [5.41, 5.74) is 2.70. The summed E-state index contributed by atoms with van der Waals surface area (Å²) in [5, 5.41) is 0.0370. The number of fused-ring (bicyclic) bond motifs is 1. The minimum atomic E-state index is -3.99. The molecule has 0 atom stereocenters. The Labute approximate surface area is 222 Å². The standard InChI is InChI=1S/C26H26ClN3O5S2/c1-19-6-9-22(10-7-19)36(32,33)29-16-14-28(15-17-29)26(31)21-8-11-23(27)25(18-21)37(34,35)30-13-12-20-4-2-3-5-24(20)30/h2-11,18H,12-17H2,1H3. The zero-order valence-electron chi connectivity index (χ0n) is 20.2. The fourth-order valence-electron chi connectivity index (χ4n) is 4.68. The van der Waals surface area contributed by atoms with Crippen molar-refractivity contribution in [3.05, 3.63) is 88.4 Å². The molecular weight excluding hydrogens is 534 g/mol. The molecule has 5 rings (SSSR count). The topological polar surface area (TPSA) is 95.1 Å². The Bertz CT molecular complexity index is 1570. The summed E-state index contributed by atoms with van der Waals surface area (Å²) in [6, 6.07) is 18.2. The van der Waals surface area contributed by atoms with E-state index in [1.807, 2.05) is 19.1 Å². The maximum absolute atomic E-state index is 13.5. The lowest BCUT2D eigenvalue weighted by atomic mass is 10.2. The normalized spacial score (nSPS) is 16.6. The van der Waals surface area contributed by atoms with Crippen LogP contribution in [0, 0.1) is 6.92 Å². The Kier molecular flexibility index (Phi) is 6.78. The molecule has 1 saturated heterocycles. The first-order valence-corrected chi connectivity index (χ1v) is 15.1. The Morgan fingerprint density at radius 3 is 2.19 bits per heavy atom. The van der Waals surface area contributed by atoms with Crippen LogP contribution in [0.1, 0.15) is 21.5 Å². The van der Waals surface area contributed by atoms with E-state index in [2.05, 4.69) is 0 Å². The van der Waals surface area contributed by atoms with Crippen molar-refractivity contribution >= 4 is 43.2 Å². The zero-order valence-corrected chi connectivity index (χ0v) is 22.6. The number of benzene rings is 3. The van der Waals surface area contributed by atoms with Gasteiger partial charge in [0.1, 0.15) is 4.90 Å². The molecule has 11 heteroatoms. The van der Waals surface area contributed by atoms with E-state index >= 15 is 0 Å². The van der Waals surface area contributed by atoms with Gasteiger partial charge in [-0.05, 0) is 55.3 Å². The molecule has 0 saturated carbocycles. The highest BCUT2D eigenvalue weighted by atomic mass is 35.5. The maximum atomic E-state index is 13.5. The summed E-state index contributed by atoms with van der Waals surface area (Å²) in [6.07, 6.45) is 0.599. The molecule has 1 amide bonds. The van der Waals surface area contributed by atoms with Crippen molar-refractivity contribution in [3.63, 3.8) is 0 Å². The van der Waals surface area contributed by atoms with E-state index in [1.54, 1.807) is 36.4 Å². The molecule has 3 aromatic carbocycles. The van der Waals surface area contributed by atoms with E-state index < -0.39 is 20.0 Å². The number of hydrogen-bond acceptors (Lipinski definition) is 5. The number of carbonyl (C=O) groups excluding carboxylic acids is 1. The molecule has 0 unspecified atom stereocenters. The van der Waals surface area contributed by atoms with Gasteiger partial charge in [-0.25, -0.2) is 16.8 Å². The lowest BCUT2D eigenvalue weighted by molar-refractivity contribution is 0.0697. The molecular formula is C26H26ClN3O5S2. The summed E-state index contributed by atoms with van der Waals surface area (Å²) in [4.78, 5) is 14.9. The molecule has 1 fully saturated rings. The smallest absolute Gasteiger partial charge is 0.265 e. The van der Waals surface area contributed by atoms with E-state index in [9.17, 15) is 21.6 Å². The van der Waals surface area contributed by atoms with Gasteiger partial charge in [0, 0.05) is 38.3 Å². The van der Waals surface area contributed by atoms with E-state index in [-0.39, 0.29) is 52.5 Å². The van der Waals surface area contributed by atoms with Gasteiger partial charge < -0.3 is 4.90 Å². The summed E-state index contributed by atoms with van der Waals surface area (Å²) in [7, 11) is -7.65. The largest absolute Gasteiger partial charge is 0.336 e. The number of piperazine rings is 1. The Hall–Kier alpha value is -2.92. The van der Waals surface area contributed by atoms with Crippen LogP contribution in [0.5, 0.6) is 0 Å². The van der Waals surface area contributed by atoms with Gasteiger partial charge in [0.25, 0.3) is 15.9 Å². The molecule has 0 spiro atoms. The summed E-state index contributed by atoms with van der Waals surface area (Å²) in [5.74, 6) is -0.373. The molecule has 0 aliphatic carbocycles. The molecule has 3 aromatic rings. The summed E-state index contributed by atoms with van der Waals surface area (Å²) in [6.45, 7) is 2.85. The van der Waals surface area contributed by atoms with Crippen molar-refractivity contribution in [2.45, 2.75) is 23.1 Å². The second kappa shape index (κ2) is 9.75. The molecule has 8 nitrogen and oxygen atoms in total. The van der Waals surface area contributed by atoms with Gasteiger partial charge in [-0.3, -0.25) is 9.10 Å². The third-order valence-electron chi connectivity index (χ3n) is 6.78. The number of nitrogens with zero attached hydrogens (tertiary/aromatic N) is 3.